The molecule has 0 saturated carbocycles. The van der Waals surface area contributed by atoms with Crippen LogP contribution in [-0.4, -0.2) is 45.0 Å². The molecule has 0 spiro atoms. The average Bonchev–Trinajstić information content (AvgIpc) is 2.96. The maximum Gasteiger partial charge on any atom is 0.226 e. The topological polar surface area (TPSA) is 77.9 Å². The largest absolute Gasteiger partial charge is 0.396 e. The van der Waals surface area contributed by atoms with E-state index < -0.39 is 0 Å². The van der Waals surface area contributed by atoms with Crippen molar-refractivity contribution in [2.75, 3.05) is 24.6 Å². The summed E-state index contributed by atoms with van der Waals surface area (Å²) in [5.41, 5.74) is 0.663. The summed E-state index contributed by atoms with van der Waals surface area (Å²) in [5.74, 6) is 1.35. The highest BCUT2D eigenvalue weighted by molar-refractivity contribution is 6.28. The van der Waals surface area contributed by atoms with E-state index in [0.717, 1.165) is 37.1 Å². The fraction of sp³-hybridized carbons (Fsp3) is 0.545. The Bertz CT molecular complexity index is 557. The van der Waals surface area contributed by atoms with Crippen LogP contribution >= 0.6 is 11.6 Å². The van der Waals surface area contributed by atoms with E-state index >= 15 is 0 Å². The lowest BCUT2D eigenvalue weighted by Crippen LogP contribution is -2.21. The molecule has 3 heterocycles. The normalized spacial score (nSPS) is 19.9. The molecule has 1 fully saturated rings. The molecule has 18 heavy (non-hydrogen) atoms. The monoisotopic (exact) mass is 267 g/mol. The summed E-state index contributed by atoms with van der Waals surface area (Å²) in [7, 11) is 0. The first-order valence-electron chi connectivity index (χ1n) is 6.00. The first-order chi connectivity index (χ1) is 8.78. The van der Waals surface area contributed by atoms with Gasteiger partial charge in [0.1, 0.15) is 5.82 Å². The Balaban J connectivity index is 1.92. The predicted octanol–water partition coefficient (Wildman–Crippen LogP) is 1.21. The third kappa shape index (κ3) is 2.02. The van der Waals surface area contributed by atoms with Gasteiger partial charge in [0.15, 0.2) is 5.65 Å². The van der Waals surface area contributed by atoms with Crippen molar-refractivity contribution in [2.45, 2.75) is 12.8 Å². The van der Waals surface area contributed by atoms with Gasteiger partial charge in [-0.15, -0.1) is 0 Å². The molecule has 0 amide bonds. The number of nitrogens with one attached hydrogen (secondary N) is 1. The molecule has 2 aromatic rings. The van der Waals surface area contributed by atoms with Crippen molar-refractivity contribution in [2.24, 2.45) is 5.92 Å². The number of aromatic amines is 1. The zero-order valence-electron chi connectivity index (χ0n) is 9.80. The number of hydrogen-bond acceptors (Lipinski definition) is 5. The molecule has 0 aromatic carbocycles. The van der Waals surface area contributed by atoms with Crippen molar-refractivity contribution < 1.29 is 5.11 Å². The molecule has 1 aliphatic heterocycles. The molecular weight excluding hydrogens is 254 g/mol. The Hall–Kier alpha value is -1.40. The van der Waals surface area contributed by atoms with Gasteiger partial charge in [-0.1, -0.05) is 0 Å². The lowest BCUT2D eigenvalue weighted by molar-refractivity contribution is 0.263. The van der Waals surface area contributed by atoms with Crippen LogP contribution in [-0.2, 0) is 0 Å². The number of aliphatic hydroxyl groups excluding tert-OH is 1. The van der Waals surface area contributed by atoms with Gasteiger partial charge in [0, 0.05) is 19.7 Å². The highest BCUT2D eigenvalue weighted by atomic mass is 35.5. The summed E-state index contributed by atoms with van der Waals surface area (Å²) in [4.78, 5) is 10.6. The summed E-state index contributed by atoms with van der Waals surface area (Å²) in [6.45, 7) is 2.07. The number of rotatable bonds is 3. The van der Waals surface area contributed by atoms with E-state index in [0.29, 0.717) is 11.6 Å². The fourth-order valence-electron chi connectivity index (χ4n) is 2.48. The molecule has 2 N–H and O–H groups in total. The summed E-state index contributed by atoms with van der Waals surface area (Å²) < 4.78 is 0. The van der Waals surface area contributed by atoms with E-state index in [1.807, 2.05) is 0 Å². The standard InChI is InChI=1S/C11H14ClN5O/c12-11-14-9-8(5-13-16-9)10(15-11)17-3-1-7(6-17)2-4-18/h5,7,18H,1-4,6H2,(H,13,14,15,16). The molecular formula is C11H14ClN5O. The van der Waals surface area contributed by atoms with Crippen LogP contribution in [0.4, 0.5) is 5.82 Å². The minimum absolute atomic E-state index is 0.229. The Labute approximate surface area is 109 Å². The Morgan fingerprint density at radius 3 is 3.22 bits per heavy atom. The van der Waals surface area contributed by atoms with Gasteiger partial charge in [-0.05, 0) is 30.4 Å². The second-order valence-electron chi connectivity index (χ2n) is 4.56. The van der Waals surface area contributed by atoms with Crippen molar-refractivity contribution >= 4 is 28.5 Å². The maximum absolute atomic E-state index is 8.99. The quantitative estimate of drug-likeness (QED) is 0.818. The van der Waals surface area contributed by atoms with E-state index in [4.69, 9.17) is 16.7 Å². The zero-order valence-corrected chi connectivity index (χ0v) is 10.6. The molecule has 3 rings (SSSR count). The van der Waals surface area contributed by atoms with Crippen LogP contribution in [0, 0.1) is 5.92 Å². The molecule has 1 saturated heterocycles. The number of halogens is 1. The second kappa shape index (κ2) is 4.70. The van der Waals surface area contributed by atoms with E-state index in [9.17, 15) is 0 Å². The number of H-pyrrole nitrogens is 1. The Kier molecular flexibility index (Phi) is 3.05. The number of aliphatic hydroxyl groups is 1. The molecule has 96 valence electrons. The summed E-state index contributed by atoms with van der Waals surface area (Å²) in [6, 6.07) is 0. The van der Waals surface area contributed by atoms with Gasteiger partial charge in [0.25, 0.3) is 0 Å². The molecule has 1 aliphatic rings. The lowest BCUT2D eigenvalue weighted by atomic mass is 10.1. The van der Waals surface area contributed by atoms with Crippen LogP contribution < -0.4 is 4.90 Å². The van der Waals surface area contributed by atoms with Crippen LogP contribution in [0.5, 0.6) is 0 Å². The molecule has 0 bridgehead atoms. The minimum atomic E-state index is 0.229. The van der Waals surface area contributed by atoms with E-state index in [2.05, 4.69) is 25.1 Å². The molecule has 1 unspecified atom stereocenters. The van der Waals surface area contributed by atoms with Crippen molar-refractivity contribution in [3.8, 4) is 0 Å². The highest BCUT2D eigenvalue weighted by Gasteiger charge is 2.25. The van der Waals surface area contributed by atoms with Gasteiger partial charge >= 0.3 is 0 Å². The first-order valence-corrected chi connectivity index (χ1v) is 6.38. The van der Waals surface area contributed by atoms with Gasteiger partial charge in [0.05, 0.1) is 11.6 Å². The van der Waals surface area contributed by atoms with Gasteiger partial charge < -0.3 is 10.0 Å². The third-order valence-corrected chi connectivity index (χ3v) is 3.55. The van der Waals surface area contributed by atoms with Crippen LogP contribution in [0.3, 0.4) is 0 Å². The van der Waals surface area contributed by atoms with Gasteiger partial charge in [-0.2, -0.15) is 15.1 Å². The van der Waals surface area contributed by atoms with E-state index in [-0.39, 0.29) is 11.9 Å². The molecule has 7 heteroatoms. The molecule has 1 atom stereocenters. The van der Waals surface area contributed by atoms with Gasteiger partial charge in [-0.25, -0.2) is 0 Å². The van der Waals surface area contributed by atoms with Crippen molar-refractivity contribution in [3.05, 3.63) is 11.5 Å². The number of fused-ring (bicyclic) bond motifs is 1. The highest BCUT2D eigenvalue weighted by Crippen LogP contribution is 2.29. The SMILES string of the molecule is OCCC1CCN(c2nc(Cl)nc3[nH]ncc23)C1. The molecule has 2 aromatic heterocycles. The number of aromatic nitrogens is 4. The minimum Gasteiger partial charge on any atom is -0.396 e. The smallest absolute Gasteiger partial charge is 0.226 e. The van der Waals surface area contributed by atoms with Crippen LogP contribution in [0.15, 0.2) is 6.20 Å². The average molecular weight is 268 g/mol. The van der Waals surface area contributed by atoms with Gasteiger partial charge in [-0.3, -0.25) is 5.10 Å². The molecule has 6 nitrogen and oxygen atoms in total. The van der Waals surface area contributed by atoms with Gasteiger partial charge in [0.2, 0.25) is 5.28 Å². The van der Waals surface area contributed by atoms with E-state index in [1.165, 1.54) is 0 Å². The third-order valence-electron chi connectivity index (χ3n) is 3.39. The zero-order chi connectivity index (χ0) is 12.5. The fourth-order valence-corrected chi connectivity index (χ4v) is 2.64. The lowest BCUT2D eigenvalue weighted by Gasteiger charge is -2.18. The van der Waals surface area contributed by atoms with E-state index in [1.54, 1.807) is 6.20 Å². The summed E-state index contributed by atoms with van der Waals surface area (Å²) in [6.07, 6.45) is 3.63. The van der Waals surface area contributed by atoms with Crippen molar-refractivity contribution in [1.82, 2.24) is 20.2 Å². The number of hydrogen-bond donors (Lipinski definition) is 2. The number of nitrogens with zero attached hydrogens (tertiary/aromatic N) is 4. The maximum atomic E-state index is 8.99. The first kappa shape index (κ1) is 11.7. The summed E-state index contributed by atoms with van der Waals surface area (Å²) in [5, 5.41) is 16.9. The summed E-state index contributed by atoms with van der Waals surface area (Å²) >= 11 is 5.92. The molecule has 0 aliphatic carbocycles. The predicted molar refractivity (Wildman–Crippen MR) is 68.7 cm³/mol. The molecule has 0 radical (unpaired) electrons. The van der Waals surface area contributed by atoms with Crippen LogP contribution in [0.25, 0.3) is 11.0 Å². The number of anilines is 1. The van der Waals surface area contributed by atoms with Crippen LogP contribution in [0.2, 0.25) is 5.28 Å². The van der Waals surface area contributed by atoms with Crippen molar-refractivity contribution in [1.29, 1.82) is 0 Å². The van der Waals surface area contributed by atoms with Crippen molar-refractivity contribution in [3.63, 3.8) is 0 Å². The van der Waals surface area contributed by atoms with Crippen LogP contribution in [0.1, 0.15) is 12.8 Å². The Morgan fingerprint density at radius 1 is 1.50 bits per heavy atom. The Morgan fingerprint density at radius 2 is 2.39 bits per heavy atom. The second-order valence-corrected chi connectivity index (χ2v) is 4.90.